The molecule has 0 spiro atoms. The highest BCUT2D eigenvalue weighted by Crippen LogP contribution is 2.46. The number of imide groups is 2. The second-order valence-corrected chi connectivity index (χ2v) is 19.9. The summed E-state index contributed by atoms with van der Waals surface area (Å²) in [5, 5.41) is 24.4. The molecule has 19 heteroatoms. The molecule has 5 aromatic rings. The number of alkyl carbamates (subject to hydrolysis) is 1. The predicted molar refractivity (Wildman–Crippen MR) is 269 cm³/mol. The number of pyridine rings is 1. The van der Waals surface area contributed by atoms with Gasteiger partial charge in [-0.1, -0.05) is 36.8 Å². The van der Waals surface area contributed by atoms with Gasteiger partial charge in [-0.2, -0.15) is 9.97 Å². The second kappa shape index (κ2) is 18.6. The molecule has 5 atom stereocenters. The van der Waals surface area contributed by atoms with Crippen LogP contribution < -0.4 is 30.9 Å². The van der Waals surface area contributed by atoms with E-state index in [-0.39, 0.29) is 73.6 Å². The Hall–Kier alpha value is -7.95. The second-order valence-electron chi connectivity index (χ2n) is 19.9. The summed E-state index contributed by atoms with van der Waals surface area (Å²) in [7, 11) is 0. The number of nitrogens with zero attached hydrogens (tertiary/aromatic N) is 6. The number of ether oxygens (including phenoxy) is 2. The SMILES string of the molecule is C#Cc1c(F)ccc2cc(O)cc(-c3ncc4c(N5CC6CCC(C5)N6)nc(OCC56CCC(COC(=O)NCCNc7cccc8c7C(=O)N(C7CCC(=O)NC7=O)C8=O)N5CC(=C)C6)nc4c3C(=C)C)c12. The summed E-state index contributed by atoms with van der Waals surface area (Å²) < 4.78 is 27.8. The fourth-order valence-corrected chi connectivity index (χ4v) is 11.9. The molecule has 6 aliphatic rings. The number of allylic oxidation sites excluding steroid dienone is 1. The standard InChI is InChI=1S/C54H53FN10O8/c1-5-35-39(55)12-9-30-19-34(66)20-37(44(30)35)46-43(28(2)3)47-38(22-58-46)48(63-24-31-10-11-32(25-63)59-31)62-52(61-47)73-27-54-16-15-33(64(54)23-29(4)21-54)26-72-53(71)57-18-17-56-40-8-6-7-36-45(40)51(70)65(50(36)69)41-13-14-42(67)60-49(41)68/h1,6-9,12,19-20,22,31-33,41,56,59,66H,2,4,10-11,13-18,21,23-27H2,3H3,(H,57,71)(H,60,67,68). The molecule has 5 fully saturated rings. The molecule has 2 aromatic heterocycles. The van der Waals surface area contributed by atoms with Gasteiger partial charge < -0.3 is 35.4 Å². The van der Waals surface area contributed by atoms with Crippen molar-refractivity contribution >= 4 is 68.5 Å². The number of rotatable bonds is 13. The Balaban J connectivity index is 0.792. The largest absolute Gasteiger partial charge is 0.508 e. The number of hydrogen-bond acceptors (Lipinski definition) is 15. The average molecular weight is 989 g/mol. The number of terminal acetylenes is 1. The fourth-order valence-electron chi connectivity index (χ4n) is 11.9. The van der Waals surface area contributed by atoms with Crippen LogP contribution in [0.5, 0.6) is 11.8 Å². The molecular weight excluding hydrogens is 936 g/mol. The third kappa shape index (κ3) is 8.43. The quantitative estimate of drug-likeness (QED) is 0.0430. The van der Waals surface area contributed by atoms with Gasteiger partial charge in [-0.25, -0.2) is 9.18 Å². The van der Waals surface area contributed by atoms with Gasteiger partial charge in [0.25, 0.3) is 11.8 Å². The molecule has 3 aromatic carbocycles. The van der Waals surface area contributed by atoms with E-state index < -0.39 is 47.1 Å². The highest BCUT2D eigenvalue weighted by molar-refractivity contribution is 6.25. The van der Waals surface area contributed by atoms with Crippen molar-refractivity contribution in [3.8, 4) is 35.4 Å². The summed E-state index contributed by atoms with van der Waals surface area (Å²) in [5.74, 6) is 0.190. The molecule has 5 saturated heterocycles. The van der Waals surface area contributed by atoms with Crippen LogP contribution in [0.3, 0.4) is 0 Å². The number of piperazine rings is 1. The summed E-state index contributed by atoms with van der Waals surface area (Å²) in [4.78, 5) is 84.7. The first kappa shape index (κ1) is 47.4. The zero-order valence-electron chi connectivity index (χ0n) is 40.2. The number of aromatic nitrogens is 3. The van der Waals surface area contributed by atoms with E-state index in [9.17, 15) is 29.1 Å². The van der Waals surface area contributed by atoms with Gasteiger partial charge in [0.2, 0.25) is 11.8 Å². The molecule has 6 aliphatic heterocycles. The lowest BCUT2D eigenvalue weighted by molar-refractivity contribution is -0.136. The van der Waals surface area contributed by atoms with Crippen molar-refractivity contribution in [2.45, 2.75) is 81.6 Å². The summed E-state index contributed by atoms with van der Waals surface area (Å²) in [6.07, 6.45) is 11.3. The minimum atomic E-state index is -1.09. The molecule has 0 radical (unpaired) electrons. The smallest absolute Gasteiger partial charge is 0.407 e. The van der Waals surface area contributed by atoms with Crippen LogP contribution in [0.15, 0.2) is 67.4 Å². The first-order valence-electron chi connectivity index (χ1n) is 24.6. The molecule has 0 saturated carbocycles. The van der Waals surface area contributed by atoms with E-state index in [0.29, 0.717) is 80.6 Å². The first-order chi connectivity index (χ1) is 35.2. The van der Waals surface area contributed by atoms with Crippen LogP contribution in [-0.2, 0) is 14.3 Å². The predicted octanol–water partition coefficient (Wildman–Crippen LogP) is 5.43. The van der Waals surface area contributed by atoms with Crippen LogP contribution in [0.2, 0.25) is 0 Å². The third-order valence-electron chi connectivity index (χ3n) is 15.1. The van der Waals surface area contributed by atoms with Crippen LogP contribution >= 0.6 is 0 Å². The lowest BCUT2D eigenvalue weighted by Crippen LogP contribution is -2.54. The van der Waals surface area contributed by atoms with E-state index in [2.05, 4.69) is 50.1 Å². The van der Waals surface area contributed by atoms with E-state index in [1.165, 1.54) is 24.3 Å². The molecular formula is C54H53FN10O8. The lowest BCUT2D eigenvalue weighted by Gasteiger charge is -2.35. The van der Waals surface area contributed by atoms with Gasteiger partial charge in [0.05, 0.1) is 38.8 Å². The number of amides is 5. The van der Waals surface area contributed by atoms with E-state index in [0.717, 1.165) is 49.2 Å². The number of halogens is 1. The Labute approximate surface area is 419 Å². The lowest BCUT2D eigenvalue weighted by atomic mass is 9.92. The Bertz CT molecular complexity index is 3270. The fraction of sp³-hybridized carbons (Fsp3) is 0.370. The summed E-state index contributed by atoms with van der Waals surface area (Å²) in [6.45, 7) is 13.3. The van der Waals surface area contributed by atoms with Gasteiger partial charge in [0.1, 0.15) is 36.6 Å². The molecule has 5 unspecified atom stereocenters. The van der Waals surface area contributed by atoms with Gasteiger partial charge in [-0.3, -0.25) is 39.3 Å². The molecule has 5 N–H and O–H groups in total. The maximum atomic E-state index is 15.3. The molecule has 0 aliphatic carbocycles. The van der Waals surface area contributed by atoms with E-state index in [4.69, 9.17) is 30.8 Å². The van der Waals surface area contributed by atoms with Crippen molar-refractivity contribution in [3.05, 3.63) is 95.5 Å². The van der Waals surface area contributed by atoms with E-state index >= 15 is 4.39 Å². The zero-order valence-corrected chi connectivity index (χ0v) is 40.2. The summed E-state index contributed by atoms with van der Waals surface area (Å²) in [5.41, 5.74) is 3.84. The van der Waals surface area contributed by atoms with Gasteiger partial charge >= 0.3 is 12.1 Å². The van der Waals surface area contributed by atoms with Crippen molar-refractivity contribution < 1.29 is 42.9 Å². The Morgan fingerprint density at radius 3 is 2.62 bits per heavy atom. The van der Waals surface area contributed by atoms with Crippen molar-refractivity contribution in [3.63, 3.8) is 0 Å². The van der Waals surface area contributed by atoms with Crippen LogP contribution in [0.1, 0.15) is 83.7 Å². The number of carbonyl (C=O) groups is 5. The molecule has 73 heavy (non-hydrogen) atoms. The number of anilines is 2. The van der Waals surface area contributed by atoms with Gasteiger partial charge in [0, 0.05) is 85.7 Å². The van der Waals surface area contributed by atoms with E-state index in [1.54, 1.807) is 24.4 Å². The normalized spacial score (nSPS) is 23.4. The van der Waals surface area contributed by atoms with Crippen LogP contribution in [0.25, 0.3) is 38.5 Å². The van der Waals surface area contributed by atoms with Crippen LogP contribution in [-0.4, -0.2) is 135 Å². The Morgan fingerprint density at radius 2 is 1.85 bits per heavy atom. The van der Waals surface area contributed by atoms with Gasteiger partial charge in [0.15, 0.2) is 0 Å². The van der Waals surface area contributed by atoms with Crippen molar-refractivity contribution in [2.75, 3.05) is 56.2 Å². The average Bonchev–Trinajstić information content (AvgIpc) is 4.07. The number of phenols is 1. The molecule has 374 valence electrons. The minimum absolute atomic E-state index is 0.0164. The number of carbonyl (C=O) groups excluding carboxylic acids is 5. The molecule has 2 bridgehead atoms. The molecule has 5 amide bonds. The van der Waals surface area contributed by atoms with Gasteiger partial charge in [-0.05, 0) is 86.7 Å². The number of hydrogen-bond donors (Lipinski definition) is 5. The third-order valence-corrected chi connectivity index (χ3v) is 15.1. The number of piperidine rings is 1. The summed E-state index contributed by atoms with van der Waals surface area (Å²) >= 11 is 0. The number of nitrogens with one attached hydrogen (secondary N) is 4. The van der Waals surface area contributed by atoms with Crippen molar-refractivity contribution in [2.24, 2.45) is 0 Å². The maximum absolute atomic E-state index is 15.3. The molecule has 18 nitrogen and oxygen atoms in total. The topological polar surface area (TPSA) is 221 Å². The number of aromatic hydroxyl groups is 1. The monoisotopic (exact) mass is 988 g/mol. The molecule has 11 rings (SSSR count). The van der Waals surface area contributed by atoms with E-state index in [1.807, 2.05) is 6.92 Å². The molecule has 8 heterocycles. The van der Waals surface area contributed by atoms with Crippen molar-refractivity contribution in [1.29, 1.82) is 0 Å². The Kier molecular flexibility index (Phi) is 12.1. The number of benzene rings is 3. The maximum Gasteiger partial charge on any atom is 0.407 e. The highest BCUT2D eigenvalue weighted by Gasteiger charge is 2.52. The van der Waals surface area contributed by atoms with Gasteiger partial charge in [-0.15, -0.1) is 6.42 Å². The number of phenolic OH excluding ortho intramolecular Hbond substituents is 1. The summed E-state index contributed by atoms with van der Waals surface area (Å²) in [6, 6.07) is 10.3. The van der Waals surface area contributed by atoms with Crippen LogP contribution in [0.4, 0.5) is 20.7 Å². The zero-order chi connectivity index (χ0) is 50.9. The minimum Gasteiger partial charge on any atom is -0.508 e. The first-order valence-corrected chi connectivity index (χ1v) is 24.6. The van der Waals surface area contributed by atoms with Crippen molar-refractivity contribution in [1.82, 2.24) is 40.7 Å². The van der Waals surface area contributed by atoms with Crippen LogP contribution in [0, 0.1) is 18.2 Å². The highest BCUT2D eigenvalue weighted by atomic mass is 19.1. The Morgan fingerprint density at radius 1 is 1.04 bits per heavy atom. The number of fused-ring (bicyclic) bond motifs is 6.